The number of H-pyrrole nitrogens is 2. The molecule has 2 rings (SSSR count). The molecular weight excluding hydrogens is 250 g/mol. The van der Waals surface area contributed by atoms with Crippen molar-refractivity contribution in [2.45, 2.75) is 13.1 Å². The van der Waals surface area contributed by atoms with Crippen LogP contribution in [0.5, 0.6) is 0 Å². The molecule has 3 nitrogen and oxygen atoms in total. The minimum Gasteiger partial charge on any atom is -0.364 e. The van der Waals surface area contributed by atoms with Gasteiger partial charge in [-0.25, -0.2) is 0 Å². The number of nitrogens with one attached hydrogen (secondary N) is 3. The molecule has 5 heteroatoms. The number of hydrogen-bond donors (Lipinski definition) is 3. The highest BCUT2D eigenvalue weighted by atomic mass is 32.1. The van der Waals surface area contributed by atoms with Gasteiger partial charge < -0.3 is 15.3 Å². The van der Waals surface area contributed by atoms with E-state index in [2.05, 4.69) is 15.3 Å². The van der Waals surface area contributed by atoms with Gasteiger partial charge in [-0.3, -0.25) is 0 Å². The SMILES string of the molecule is S=c1cc[nH]c(CNCc2cc(=S)cc[nH]2)c1. The molecule has 0 saturated heterocycles. The van der Waals surface area contributed by atoms with Crippen LogP contribution >= 0.6 is 24.4 Å². The van der Waals surface area contributed by atoms with E-state index >= 15 is 0 Å². The van der Waals surface area contributed by atoms with Gasteiger partial charge in [-0.1, -0.05) is 24.4 Å². The van der Waals surface area contributed by atoms with Gasteiger partial charge in [0.05, 0.1) is 0 Å². The van der Waals surface area contributed by atoms with Gasteiger partial charge in [0.25, 0.3) is 0 Å². The molecule has 0 spiro atoms. The first-order valence-corrected chi connectivity index (χ1v) is 6.12. The van der Waals surface area contributed by atoms with Crippen LogP contribution in [0.1, 0.15) is 11.4 Å². The van der Waals surface area contributed by atoms with Gasteiger partial charge in [-0.2, -0.15) is 0 Å². The molecule has 2 heterocycles. The Morgan fingerprint density at radius 1 is 0.882 bits per heavy atom. The van der Waals surface area contributed by atoms with E-state index in [0.29, 0.717) is 0 Å². The van der Waals surface area contributed by atoms with Crippen molar-refractivity contribution in [3.63, 3.8) is 0 Å². The lowest BCUT2D eigenvalue weighted by Crippen LogP contribution is -2.14. The Balaban J connectivity index is 1.92. The van der Waals surface area contributed by atoms with Crippen LogP contribution in [-0.2, 0) is 13.1 Å². The maximum absolute atomic E-state index is 5.09. The average Bonchev–Trinajstić information content (AvgIpc) is 2.29. The highest BCUT2D eigenvalue weighted by Gasteiger charge is 1.94. The van der Waals surface area contributed by atoms with Crippen LogP contribution in [0, 0.1) is 9.02 Å². The summed E-state index contributed by atoms with van der Waals surface area (Å²) in [4.78, 5) is 6.29. The lowest BCUT2D eigenvalue weighted by Gasteiger charge is -2.05. The molecule has 88 valence electrons. The van der Waals surface area contributed by atoms with Crippen LogP contribution in [0.4, 0.5) is 0 Å². The van der Waals surface area contributed by atoms with Crippen molar-refractivity contribution < 1.29 is 0 Å². The fourth-order valence-electron chi connectivity index (χ4n) is 1.52. The lowest BCUT2D eigenvalue weighted by molar-refractivity contribution is 0.667. The molecule has 0 amide bonds. The van der Waals surface area contributed by atoms with E-state index in [1.807, 2.05) is 36.7 Å². The van der Waals surface area contributed by atoms with Gasteiger partial charge in [-0.05, 0) is 24.3 Å². The summed E-state index contributed by atoms with van der Waals surface area (Å²) < 4.78 is 1.69. The van der Waals surface area contributed by atoms with Crippen molar-refractivity contribution in [3.8, 4) is 0 Å². The summed E-state index contributed by atoms with van der Waals surface area (Å²) in [6.45, 7) is 1.50. The summed E-state index contributed by atoms with van der Waals surface area (Å²) in [5, 5.41) is 3.32. The predicted molar refractivity (Wildman–Crippen MR) is 73.8 cm³/mol. The highest BCUT2D eigenvalue weighted by Crippen LogP contribution is 1.98. The standard InChI is InChI=1S/C12H13N3S2/c16-11-1-3-14-9(5-11)7-13-8-10-6-12(17)2-4-15-10/h1-6,13H,7-8H2,(H,14,16)(H,15,17). The molecule has 17 heavy (non-hydrogen) atoms. The third-order valence-corrected chi connectivity index (χ3v) is 2.80. The summed E-state index contributed by atoms with van der Waals surface area (Å²) in [5.41, 5.74) is 2.15. The predicted octanol–water partition coefficient (Wildman–Crippen LogP) is 3.09. The zero-order valence-corrected chi connectivity index (χ0v) is 10.8. The second-order valence-corrected chi connectivity index (χ2v) is 4.65. The molecule has 2 aromatic rings. The smallest absolute Gasteiger partial charge is 0.0409 e. The zero-order valence-electron chi connectivity index (χ0n) is 9.19. The third-order valence-electron chi connectivity index (χ3n) is 2.30. The van der Waals surface area contributed by atoms with E-state index in [1.165, 1.54) is 0 Å². The summed E-state index contributed by atoms with van der Waals surface area (Å²) in [6, 6.07) is 7.64. The van der Waals surface area contributed by atoms with Gasteiger partial charge in [0, 0.05) is 45.9 Å². The van der Waals surface area contributed by atoms with E-state index < -0.39 is 0 Å². The monoisotopic (exact) mass is 263 g/mol. The molecule has 0 aliphatic carbocycles. The number of hydrogen-bond acceptors (Lipinski definition) is 3. The van der Waals surface area contributed by atoms with E-state index in [4.69, 9.17) is 24.4 Å². The summed E-state index contributed by atoms with van der Waals surface area (Å²) in [6.07, 6.45) is 3.71. The van der Waals surface area contributed by atoms with Crippen molar-refractivity contribution in [2.75, 3.05) is 0 Å². The Kier molecular flexibility index (Phi) is 4.19. The molecule has 3 N–H and O–H groups in total. The fraction of sp³-hybridized carbons (Fsp3) is 0.167. The van der Waals surface area contributed by atoms with Gasteiger partial charge >= 0.3 is 0 Å². The average molecular weight is 263 g/mol. The van der Waals surface area contributed by atoms with Gasteiger partial charge in [0.15, 0.2) is 0 Å². The van der Waals surface area contributed by atoms with E-state index in [-0.39, 0.29) is 0 Å². The molecule has 0 aliphatic heterocycles. The van der Waals surface area contributed by atoms with Crippen LogP contribution < -0.4 is 5.32 Å². The largest absolute Gasteiger partial charge is 0.364 e. The first kappa shape index (κ1) is 12.2. The molecule has 0 aliphatic rings. The maximum atomic E-state index is 5.09. The number of pyridine rings is 2. The normalized spacial score (nSPS) is 10.4. The van der Waals surface area contributed by atoms with E-state index in [0.717, 1.165) is 33.5 Å². The van der Waals surface area contributed by atoms with Crippen molar-refractivity contribution in [2.24, 2.45) is 0 Å². The minimum absolute atomic E-state index is 0.750. The van der Waals surface area contributed by atoms with Crippen molar-refractivity contribution >= 4 is 24.4 Å². The minimum atomic E-state index is 0.750. The number of rotatable bonds is 4. The highest BCUT2D eigenvalue weighted by molar-refractivity contribution is 7.71. The molecule has 0 atom stereocenters. The number of aromatic nitrogens is 2. The van der Waals surface area contributed by atoms with Crippen LogP contribution in [0.25, 0.3) is 0 Å². The molecule has 0 saturated carbocycles. The molecule has 0 fully saturated rings. The van der Waals surface area contributed by atoms with Crippen LogP contribution in [0.15, 0.2) is 36.7 Å². The second kappa shape index (κ2) is 5.86. The fourth-order valence-corrected chi connectivity index (χ4v) is 1.94. The first-order valence-electron chi connectivity index (χ1n) is 5.30. The summed E-state index contributed by atoms with van der Waals surface area (Å²) in [5.74, 6) is 0. The Labute approximate surface area is 110 Å². The van der Waals surface area contributed by atoms with E-state index in [1.54, 1.807) is 0 Å². The lowest BCUT2D eigenvalue weighted by atomic mass is 10.3. The molecule has 0 radical (unpaired) electrons. The molecular formula is C12H13N3S2. The second-order valence-electron chi connectivity index (χ2n) is 3.70. The topological polar surface area (TPSA) is 43.6 Å². The Morgan fingerprint density at radius 2 is 1.35 bits per heavy atom. The van der Waals surface area contributed by atoms with Gasteiger partial charge in [0.1, 0.15) is 0 Å². The maximum Gasteiger partial charge on any atom is 0.0409 e. The molecule has 0 aromatic carbocycles. The van der Waals surface area contributed by atoms with Crippen molar-refractivity contribution in [1.29, 1.82) is 0 Å². The van der Waals surface area contributed by atoms with Crippen LogP contribution in [0.2, 0.25) is 0 Å². The summed E-state index contributed by atoms with van der Waals surface area (Å²) >= 11 is 10.2. The van der Waals surface area contributed by atoms with Crippen LogP contribution in [0.3, 0.4) is 0 Å². The molecule has 2 aromatic heterocycles. The molecule has 0 unspecified atom stereocenters. The van der Waals surface area contributed by atoms with Crippen molar-refractivity contribution in [1.82, 2.24) is 15.3 Å². The number of aromatic amines is 2. The quantitative estimate of drug-likeness (QED) is 0.743. The van der Waals surface area contributed by atoms with Gasteiger partial charge in [0.2, 0.25) is 0 Å². The van der Waals surface area contributed by atoms with E-state index in [9.17, 15) is 0 Å². The Bertz CT molecular complexity index is 547. The summed E-state index contributed by atoms with van der Waals surface area (Å²) in [7, 11) is 0. The third kappa shape index (κ3) is 3.89. The zero-order chi connectivity index (χ0) is 12.1. The molecule has 0 bridgehead atoms. The Morgan fingerprint density at radius 3 is 1.76 bits per heavy atom. The van der Waals surface area contributed by atoms with Crippen molar-refractivity contribution in [3.05, 3.63) is 57.1 Å². The van der Waals surface area contributed by atoms with Gasteiger partial charge in [-0.15, -0.1) is 0 Å². The van der Waals surface area contributed by atoms with Crippen LogP contribution in [-0.4, -0.2) is 9.97 Å². The Hall–Kier alpha value is -1.30. The first-order chi connectivity index (χ1) is 8.24.